The lowest BCUT2D eigenvalue weighted by Crippen LogP contribution is -2.26. The SMILES string of the molecule is C/C(CC(=O)Nc1c(C)cc(C)cc1C)=N/NC(=O)COc1ccc(C)cc1Br. The first-order valence-corrected chi connectivity index (χ1v) is 10.0. The number of anilines is 1. The minimum absolute atomic E-state index is 0.0808. The molecule has 2 amide bonds. The zero-order valence-corrected chi connectivity index (χ0v) is 18.9. The molecule has 0 atom stereocenters. The smallest absolute Gasteiger partial charge is 0.277 e. The predicted molar refractivity (Wildman–Crippen MR) is 120 cm³/mol. The third kappa shape index (κ3) is 7.02. The Morgan fingerprint density at radius 2 is 1.66 bits per heavy atom. The fourth-order valence-corrected chi connectivity index (χ4v) is 3.50. The molecule has 0 aliphatic heterocycles. The first-order valence-electron chi connectivity index (χ1n) is 9.24. The van der Waals surface area contributed by atoms with Crippen molar-refractivity contribution in [2.75, 3.05) is 11.9 Å². The molecule has 0 heterocycles. The van der Waals surface area contributed by atoms with E-state index in [1.165, 1.54) is 0 Å². The number of benzene rings is 2. The molecule has 0 unspecified atom stereocenters. The molecule has 154 valence electrons. The molecule has 2 aromatic rings. The summed E-state index contributed by atoms with van der Waals surface area (Å²) in [6.45, 7) is 9.42. The van der Waals surface area contributed by atoms with Crippen molar-refractivity contribution in [3.05, 3.63) is 57.1 Å². The Kier molecular flexibility index (Phi) is 7.96. The Morgan fingerprint density at radius 1 is 1.00 bits per heavy atom. The second-order valence-corrected chi connectivity index (χ2v) is 7.96. The van der Waals surface area contributed by atoms with Crippen LogP contribution in [0, 0.1) is 27.7 Å². The number of hydrogen-bond donors (Lipinski definition) is 2. The van der Waals surface area contributed by atoms with Crippen molar-refractivity contribution in [1.29, 1.82) is 0 Å². The van der Waals surface area contributed by atoms with E-state index < -0.39 is 5.91 Å². The van der Waals surface area contributed by atoms with Crippen LogP contribution in [0.5, 0.6) is 5.75 Å². The molecule has 6 nitrogen and oxygen atoms in total. The normalized spacial score (nSPS) is 11.2. The topological polar surface area (TPSA) is 79.8 Å². The quantitative estimate of drug-likeness (QED) is 0.469. The monoisotopic (exact) mass is 459 g/mol. The number of nitrogens with one attached hydrogen (secondary N) is 2. The summed E-state index contributed by atoms with van der Waals surface area (Å²) in [7, 11) is 0. The average Bonchev–Trinajstić information content (AvgIpc) is 2.62. The van der Waals surface area contributed by atoms with Crippen LogP contribution in [0.15, 0.2) is 39.9 Å². The van der Waals surface area contributed by atoms with E-state index in [2.05, 4.69) is 31.8 Å². The van der Waals surface area contributed by atoms with Gasteiger partial charge < -0.3 is 10.1 Å². The minimum Gasteiger partial charge on any atom is -0.483 e. The Morgan fingerprint density at radius 3 is 2.28 bits per heavy atom. The molecule has 2 N–H and O–H groups in total. The predicted octanol–water partition coefficient (Wildman–Crippen LogP) is 4.58. The van der Waals surface area contributed by atoms with Crippen LogP contribution in [-0.2, 0) is 9.59 Å². The molecule has 2 rings (SSSR count). The van der Waals surface area contributed by atoms with Gasteiger partial charge in [-0.2, -0.15) is 5.10 Å². The number of amides is 2. The van der Waals surface area contributed by atoms with Gasteiger partial charge in [0.15, 0.2) is 6.61 Å². The van der Waals surface area contributed by atoms with Crippen LogP contribution >= 0.6 is 15.9 Å². The van der Waals surface area contributed by atoms with E-state index in [4.69, 9.17) is 4.74 Å². The van der Waals surface area contributed by atoms with Crippen LogP contribution in [0.25, 0.3) is 0 Å². The summed E-state index contributed by atoms with van der Waals surface area (Å²) >= 11 is 3.40. The van der Waals surface area contributed by atoms with Gasteiger partial charge in [0.05, 0.1) is 10.9 Å². The number of halogens is 1. The lowest BCUT2D eigenvalue weighted by molar-refractivity contribution is -0.123. The highest BCUT2D eigenvalue weighted by Crippen LogP contribution is 2.25. The Bertz CT molecular complexity index is 931. The number of aryl methyl sites for hydroxylation is 4. The van der Waals surface area contributed by atoms with Crippen molar-refractivity contribution in [3.8, 4) is 5.75 Å². The van der Waals surface area contributed by atoms with Crippen LogP contribution in [0.3, 0.4) is 0 Å². The van der Waals surface area contributed by atoms with Gasteiger partial charge in [-0.1, -0.05) is 23.8 Å². The molecule has 0 aromatic heterocycles. The molecular weight excluding hydrogens is 434 g/mol. The van der Waals surface area contributed by atoms with E-state index in [9.17, 15) is 9.59 Å². The van der Waals surface area contributed by atoms with E-state index in [1.54, 1.807) is 13.0 Å². The largest absolute Gasteiger partial charge is 0.483 e. The van der Waals surface area contributed by atoms with Crippen molar-refractivity contribution < 1.29 is 14.3 Å². The Hall–Kier alpha value is -2.67. The third-order valence-electron chi connectivity index (χ3n) is 4.18. The third-order valence-corrected chi connectivity index (χ3v) is 4.80. The lowest BCUT2D eigenvalue weighted by Gasteiger charge is -2.13. The second kappa shape index (κ2) is 10.2. The van der Waals surface area contributed by atoms with Crippen LogP contribution in [0.2, 0.25) is 0 Å². The number of nitrogens with zero attached hydrogens (tertiary/aromatic N) is 1. The molecule has 0 bridgehead atoms. The number of rotatable bonds is 7. The molecule has 29 heavy (non-hydrogen) atoms. The molecule has 2 aromatic carbocycles. The molecule has 0 aliphatic rings. The van der Waals surface area contributed by atoms with Crippen molar-refractivity contribution in [2.45, 2.75) is 41.0 Å². The number of carbonyl (C=O) groups is 2. The summed E-state index contributed by atoms with van der Waals surface area (Å²) in [4.78, 5) is 24.2. The van der Waals surface area contributed by atoms with Crippen LogP contribution in [0.4, 0.5) is 5.69 Å². The highest BCUT2D eigenvalue weighted by atomic mass is 79.9. The van der Waals surface area contributed by atoms with Gasteiger partial charge in [0.25, 0.3) is 5.91 Å². The van der Waals surface area contributed by atoms with Gasteiger partial charge in [-0.3, -0.25) is 9.59 Å². The molecule has 0 saturated carbocycles. The van der Waals surface area contributed by atoms with Crippen LogP contribution < -0.4 is 15.5 Å². The maximum Gasteiger partial charge on any atom is 0.277 e. The number of carbonyl (C=O) groups excluding carboxylic acids is 2. The van der Waals surface area contributed by atoms with E-state index in [1.807, 2.05) is 52.0 Å². The van der Waals surface area contributed by atoms with E-state index >= 15 is 0 Å². The van der Waals surface area contributed by atoms with Gasteiger partial charge >= 0.3 is 0 Å². The summed E-state index contributed by atoms with van der Waals surface area (Å²) in [5, 5.41) is 6.90. The van der Waals surface area contributed by atoms with Gasteiger partial charge in [0.2, 0.25) is 5.91 Å². The lowest BCUT2D eigenvalue weighted by atomic mass is 10.0. The summed E-state index contributed by atoms with van der Waals surface area (Å²) in [6.07, 6.45) is 0.0808. The second-order valence-electron chi connectivity index (χ2n) is 7.10. The van der Waals surface area contributed by atoms with Gasteiger partial charge in [-0.25, -0.2) is 5.43 Å². The summed E-state index contributed by atoms with van der Waals surface area (Å²) in [6, 6.07) is 9.65. The first-order chi connectivity index (χ1) is 13.7. The van der Waals surface area contributed by atoms with Crippen LogP contribution in [-0.4, -0.2) is 24.1 Å². The fraction of sp³-hybridized carbons (Fsp3) is 0.318. The fourth-order valence-electron chi connectivity index (χ4n) is 2.89. The zero-order chi connectivity index (χ0) is 21.6. The van der Waals surface area contributed by atoms with Crippen molar-refractivity contribution in [3.63, 3.8) is 0 Å². The van der Waals surface area contributed by atoms with Gasteiger partial charge in [0, 0.05) is 11.4 Å². The van der Waals surface area contributed by atoms with Gasteiger partial charge in [-0.15, -0.1) is 0 Å². The number of ether oxygens (including phenoxy) is 1. The number of hydrogen-bond acceptors (Lipinski definition) is 4. The average molecular weight is 460 g/mol. The van der Waals surface area contributed by atoms with Crippen molar-refractivity contribution >= 4 is 39.1 Å². The van der Waals surface area contributed by atoms with E-state index in [-0.39, 0.29) is 18.9 Å². The van der Waals surface area contributed by atoms with Crippen molar-refractivity contribution in [2.24, 2.45) is 5.10 Å². The highest BCUT2D eigenvalue weighted by molar-refractivity contribution is 9.10. The molecule has 0 fully saturated rings. The summed E-state index contributed by atoms with van der Waals surface area (Å²) < 4.78 is 6.26. The Labute approximate surface area is 179 Å². The number of hydrazone groups is 1. The molecular formula is C22H26BrN3O3. The summed E-state index contributed by atoms with van der Waals surface area (Å²) in [5.41, 5.74) is 7.98. The highest BCUT2D eigenvalue weighted by Gasteiger charge is 2.10. The van der Waals surface area contributed by atoms with Crippen LogP contribution in [0.1, 0.15) is 35.6 Å². The molecule has 0 radical (unpaired) electrons. The maximum atomic E-state index is 12.3. The summed E-state index contributed by atoms with van der Waals surface area (Å²) in [5.74, 6) is -0.00693. The van der Waals surface area contributed by atoms with E-state index in [0.717, 1.165) is 32.4 Å². The zero-order valence-electron chi connectivity index (χ0n) is 17.4. The maximum absolute atomic E-state index is 12.3. The van der Waals surface area contributed by atoms with Gasteiger partial charge in [0.1, 0.15) is 5.75 Å². The molecule has 0 spiro atoms. The van der Waals surface area contributed by atoms with E-state index in [0.29, 0.717) is 11.5 Å². The van der Waals surface area contributed by atoms with Gasteiger partial charge in [-0.05, 0) is 79.4 Å². The van der Waals surface area contributed by atoms with Crippen molar-refractivity contribution in [1.82, 2.24) is 5.43 Å². The minimum atomic E-state index is -0.401. The molecule has 7 heteroatoms. The molecule has 0 saturated heterocycles. The standard InChI is InChI=1S/C22H26BrN3O3/c1-13-6-7-19(18(23)10-13)29-12-21(28)26-25-17(5)11-20(27)24-22-15(3)8-14(2)9-16(22)4/h6-10H,11-12H2,1-5H3,(H,24,27)(H,26,28)/b25-17-. The first kappa shape index (κ1) is 22.6. The Balaban J connectivity index is 1.84. The molecule has 0 aliphatic carbocycles.